The van der Waals surface area contributed by atoms with Crippen LogP contribution in [0.1, 0.15) is 41.0 Å². The second kappa shape index (κ2) is 10.4. The van der Waals surface area contributed by atoms with Gasteiger partial charge >= 0.3 is 0 Å². The van der Waals surface area contributed by atoms with E-state index in [1.807, 2.05) is 31.1 Å². The monoisotopic (exact) mass is 399 g/mol. The van der Waals surface area contributed by atoms with Gasteiger partial charge in [0.2, 0.25) is 0 Å². The maximum Gasteiger partial charge on any atom is 0.269 e. The lowest BCUT2D eigenvalue weighted by Gasteiger charge is -2.14. The van der Waals surface area contributed by atoms with E-state index in [9.17, 15) is 9.59 Å². The van der Waals surface area contributed by atoms with Crippen molar-refractivity contribution in [2.24, 2.45) is 5.92 Å². The molecule has 29 heavy (non-hydrogen) atoms. The van der Waals surface area contributed by atoms with Crippen molar-refractivity contribution in [2.45, 2.75) is 20.3 Å². The second-order valence-corrected chi connectivity index (χ2v) is 7.25. The molecule has 2 amide bonds. The number of hydrazine groups is 1. The van der Waals surface area contributed by atoms with Crippen molar-refractivity contribution in [3.05, 3.63) is 53.6 Å². The summed E-state index contributed by atoms with van der Waals surface area (Å²) in [6, 6.07) is 12.0. The number of nitrogens with zero attached hydrogens (tertiary/aromatic N) is 1. The molecule has 2 N–H and O–H groups in total. The molecule has 0 saturated carbocycles. The first kappa shape index (κ1) is 22.1. The molecule has 0 aliphatic rings. The molecular formula is C22H29N3O4. The summed E-state index contributed by atoms with van der Waals surface area (Å²) >= 11 is 0. The van der Waals surface area contributed by atoms with Crippen LogP contribution in [0.2, 0.25) is 0 Å². The lowest BCUT2D eigenvalue weighted by molar-refractivity contribution is 0.0846. The van der Waals surface area contributed by atoms with Crippen molar-refractivity contribution < 1.29 is 19.1 Å². The smallest absolute Gasteiger partial charge is 0.269 e. The summed E-state index contributed by atoms with van der Waals surface area (Å²) in [5.41, 5.74) is 6.61. The first-order valence-electron chi connectivity index (χ1n) is 9.50. The fourth-order valence-corrected chi connectivity index (χ4v) is 2.50. The molecule has 0 radical (unpaired) electrons. The van der Waals surface area contributed by atoms with E-state index in [-0.39, 0.29) is 0 Å². The Labute approximate surface area is 172 Å². The van der Waals surface area contributed by atoms with Gasteiger partial charge in [0.15, 0.2) is 11.5 Å². The molecule has 0 heterocycles. The standard InChI is InChI=1S/C22H29N3O4/c1-15(2)12-13-29-19-11-8-17(14-20(19)28-5)22(27)24-23-21(26)16-6-9-18(10-7-16)25(3)4/h6-11,14-15H,12-13H2,1-5H3,(H,23,26)(H,24,27). The van der Waals surface area contributed by atoms with E-state index in [0.717, 1.165) is 12.1 Å². The molecule has 2 rings (SSSR count). The molecule has 7 heteroatoms. The molecule has 0 saturated heterocycles. The number of anilines is 1. The Morgan fingerprint density at radius 1 is 0.931 bits per heavy atom. The largest absolute Gasteiger partial charge is 0.493 e. The predicted molar refractivity (Wildman–Crippen MR) is 114 cm³/mol. The van der Waals surface area contributed by atoms with Crippen LogP contribution < -0.4 is 25.2 Å². The van der Waals surface area contributed by atoms with Crippen LogP contribution >= 0.6 is 0 Å². The molecule has 0 atom stereocenters. The summed E-state index contributed by atoms with van der Waals surface area (Å²) in [6.07, 6.45) is 0.924. The van der Waals surface area contributed by atoms with Crippen molar-refractivity contribution in [2.75, 3.05) is 32.7 Å². The number of nitrogens with one attached hydrogen (secondary N) is 2. The lowest BCUT2D eigenvalue weighted by atomic mass is 10.1. The maximum absolute atomic E-state index is 12.4. The zero-order valence-corrected chi connectivity index (χ0v) is 17.6. The van der Waals surface area contributed by atoms with Gasteiger partial charge < -0.3 is 14.4 Å². The van der Waals surface area contributed by atoms with Crippen LogP contribution in [0.25, 0.3) is 0 Å². The van der Waals surface area contributed by atoms with E-state index >= 15 is 0 Å². The predicted octanol–water partition coefficient (Wildman–Crippen LogP) is 3.26. The quantitative estimate of drug-likeness (QED) is 0.666. The lowest BCUT2D eigenvalue weighted by Crippen LogP contribution is -2.41. The van der Waals surface area contributed by atoms with Gasteiger partial charge in [0, 0.05) is 30.9 Å². The zero-order valence-electron chi connectivity index (χ0n) is 17.6. The number of carbonyl (C=O) groups excluding carboxylic acids is 2. The molecule has 0 bridgehead atoms. The summed E-state index contributed by atoms with van der Waals surface area (Å²) in [4.78, 5) is 26.5. The molecule has 0 aliphatic carbocycles. The maximum atomic E-state index is 12.4. The van der Waals surface area contributed by atoms with Crippen LogP contribution in [0.3, 0.4) is 0 Å². The van der Waals surface area contributed by atoms with Gasteiger partial charge in [-0.2, -0.15) is 0 Å². The number of carbonyl (C=O) groups is 2. The Morgan fingerprint density at radius 3 is 2.07 bits per heavy atom. The molecule has 156 valence electrons. The van der Waals surface area contributed by atoms with Crippen LogP contribution in [0.5, 0.6) is 11.5 Å². The van der Waals surface area contributed by atoms with E-state index < -0.39 is 11.8 Å². The molecule has 0 aliphatic heterocycles. The third-order valence-electron chi connectivity index (χ3n) is 4.31. The van der Waals surface area contributed by atoms with Crippen molar-refractivity contribution in [3.8, 4) is 11.5 Å². The van der Waals surface area contributed by atoms with E-state index in [1.54, 1.807) is 30.3 Å². The SMILES string of the molecule is COc1cc(C(=O)NNC(=O)c2ccc(N(C)C)cc2)ccc1OCCC(C)C. The summed E-state index contributed by atoms with van der Waals surface area (Å²) in [5, 5.41) is 0. The van der Waals surface area contributed by atoms with Crippen molar-refractivity contribution in [1.82, 2.24) is 10.9 Å². The Morgan fingerprint density at radius 2 is 1.52 bits per heavy atom. The minimum atomic E-state index is -0.449. The molecule has 0 unspecified atom stereocenters. The normalized spacial score (nSPS) is 10.4. The summed E-state index contributed by atoms with van der Waals surface area (Å²) in [5.74, 6) is 0.731. The molecule has 0 fully saturated rings. The van der Waals surface area contributed by atoms with Gasteiger partial charge in [0.25, 0.3) is 11.8 Å². The highest BCUT2D eigenvalue weighted by Gasteiger charge is 2.13. The zero-order chi connectivity index (χ0) is 21.4. The highest BCUT2D eigenvalue weighted by Crippen LogP contribution is 2.28. The molecule has 7 nitrogen and oxygen atoms in total. The van der Waals surface area contributed by atoms with Crippen LogP contribution in [-0.2, 0) is 0 Å². The first-order chi connectivity index (χ1) is 13.8. The minimum Gasteiger partial charge on any atom is -0.493 e. The van der Waals surface area contributed by atoms with Gasteiger partial charge in [0.1, 0.15) is 0 Å². The average molecular weight is 399 g/mol. The number of ether oxygens (including phenoxy) is 2. The number of hydrogen-bond acceptors (Lipinski definition) is 5. The summed E-state index contributed by atoms with van der Waals surface area (Å²) in [6.45, 7) is 4.82. The molecule has 2 aromatic carbocycles. The van der Waals surface area contributed by atoms with Gasteiger partial charge in [-0.3, -0.25) is 20.4 Å². The van der Waals surface area contributed by atoms with Crippen LogP contribution in [0.4, 0.5) is 5.69 Å². The van der Waals surface area contributed by atoms with E-state index in [2.05, 4.69) is 24.7 Å². The van der Waals surface area contributed by atoms with E-state index in [4.69, 9.17) is 9.47 Å². The first-order valence-corrected chi connectivity index (χ1v) is 9.50. The van der Waals surface area contributed by atoms with Gasteiger partial charge in [-0.25, -0.2) is 0 Å². The fourth-order valence-electron chi connectivity index (χ4n) is 2.50. The summed E-state index contributed by atoms with van der Waals surface area (Å²) < 4.78 is 11.0. The van der Waals surface area contributed by atoms with Gasteiger partial charge in [-0.1, -0.05) is 13.8 Å². The molecule has 0 aromatic heterocycles. The Bertz CT molecular complexity index is 832. The van der Waals surface area contributed by atoms with E-state index in [0.29, 0.717) is 35.2 Å². The van der Waals surface area contributed by atoms with Crippen LogP contribution in [-0.4, -0.2) is 39.6 Å². The number of rotatable bonds is 8. The number of methoxy groups -OCH3 is 1. The minimum absolute atomic E-state index is 0.348. The fraction of sp³-hybridized carbons (Fsp3) is 0.364. The molecule has 2 aromatic rings. The van der Waals surface area contributed by atoms with Crippen molar-refractivity contribution in [3.63, 3.8) is 0 Å². The van der Waals surface area contributed by atoms with Crippen molar-refractivity contribution in [1.29, 1.82) is 0 Å². The number of benzene rings is 2. The summed E-state index contributed by atoms with van der Waals surface area (Å²) in [7, 11) is 5.36. The Kier molecular flexibility index (Phi) is 7.88. The Balaban J connectivity index is 1.96. The third-order valence-corrected chi connectivity index (χ3v) is 4.31. The van der Waals surface area contributed by atoms with Crippen molar-refractivity contribution >= 4 is 17.5 Å². The highest BCUT2D eigenvalue weighted by atomic mass is 16.5. The topological polar surface area (TPSA) is 79.9 Å². The van der Waals surface area contributed by atoms with Gasteiger partial charge in [-0.15, -0.1) is 0 Å². The van der Waals surface area contributed by atoms with Crippen LogP contribution in [0.15, 0.2) is 42.5 Å². The highest BCUT2D eigenvalue weighted by molar-refractivity contribution is 5.99. The van der Waals surface area contributed by atoms with Gasteiger partial charge in [-0.05, 0) is 54.8 Å². The second-order valence-electron chi connectivity index (χ2n) is 7.25. The third kappa shape index (κ3) is 6.41. The van der Waals surface area contributed by atoms with Gasteiger partial charge in [0.05, 0.1) is 13.7 Å². The molecular weight excluding hydrogens is 370 g/mol. The molecule has 0 spiro atoms. The van der Waals surface area contributed by atoms with Crippen LogP contribution in [0, 0.1) is 5.92 Å². The average Bonchev–Trinajstić information content (AvgIpc) is 2.71. The Hall–Kier alpha value is -3.22. The number of hydrogen-bond donors (Lipinski definition) is 2. The number of amides is 2. The van der Waals surface area contributed by atoms with E-state index in [1.165, 1.54) is 7.11 Å².